The first-order valence-electron chi connectivity index (χ1n) is 4.98. The van der Waals surface area contributed by atoms with Crippen LogP contribution in [0.2, 0.25) is 5.02 Å². The Kier molecular flexibility index (Phi) is 7.74. The predicted molar refractivity (Wildman–Crippen MR) is 63.6 cm³/mol. The Morgan fingerprint density at radius 1 is 1.27 bits per heavy atom. The SMILES string of the molecule is CC(=O)COc1ccc(Cl)cc1.CCC. The van der Waals surface area contributed by atoms with Crippen molar-refractivity contribution in [1.82, 2.24) is 0 Å². The lowest BCUT2D eigenvalue weighted by molar-refractivity contribution is -0.118. The van der Waals surface area contributed by atoms with Gasteiger partial charge in [-0.1, -0.05) is 31.9 Å². The van der Waals surface area contributed by atoms with Crippen LogP contribution in [-0.2, 0) is 4.79 Å². The van der Waals surface area contributed by atoms with E-state index >= 15 is 0 Å². The van der Waals surface area contributed by atoms with E-state index in [1.165, 1.54) is 13.3 Å². The van der Waals surface area contributed by atoms with E-state index in [0.29, 0.717) is 10.8 Å². The van der Waals surface area contributed by atoms with E-state index in [1.807, 2.05) is 0 Å². The average molecular weight is 229 g/mol. The van der Waals surface area contributed by atoms with E-state index < -0.39 is 0 Å². The molecule has 0 unspecified atom stereocenters. The van der Waals surface area contributed by atoms with Crippen LogP contribution >= 0.6 is 11.6 Å². The Balaban J connectivity index is 0.000000583. The van der Waals surface area contributed by atoms with Crippen molar-refractivity contribution in [3.8, 4) is 5.75 Å². The van der Waals surface area contributed by atoms with Gasteiger partial charge in [-0.3, -0.25) is 4.79 Å². The summed E-state index contributed by atoms with van der Waals surface area (Å²) in [6.07, 6.45) is 1.25. The molecule has 84 valence electrons. The second kappa shape index (κ2) is 8.30. The number of hydrogen-bond donors (Lipinski definition) is 0. The zero-order chi connectivity index (χ0) is 11.7. The molecule has 0 atom stereocenters. The van der Waals surface area contributed by atoms with Gasteiger partial charge in [0.1, 0.15) is 12.4 Å². The number of hydrogen-bond acceptors (Lipinski definition) is 2. The maximum atomic E-state index is 10.5. The topological polar surface area (TPSA) is 26.3 Å². The molecule has 0 aliphatic rings. The van der Waals surface area contributed by atoms with Crippen molar-refractivity contribution in [3.05, 3.63) is 29.3 Å². The van der Waals surface area contributed by atoms with E-state index in [0.717, 1.165) is 0 Å². The Labute approximate surface area is 96.2 Å². The van der Waals surface area contributed by atoms with Gasteiger partial charge in [0, 0.05) is 5.02 Å². The van der Waals surface area contributed by atoms with Crippen LogP contribution < -0.4 is 4.74 Å². The van der Waals surface area contributed by atoms with Crippen molar-refractivity contribution < 1.29 is 9.53 Å². The molecule has 0 saturated heterocycles. The lowest BCUT2D eigenvalue weighted by atomic mass is 10.3. The lowest BCUT2D eigenvalue weighted by Gasteiger charge is -2.02. The van der Waals surface area contributed by atoms with Crippen LogP contribution in [0.3, 0.4) is 0 Å². The molecule has 1 aromatic rings. The van der Waals surface area contributed by atoms with Gasteiger partial charge in [-0.05, 0) is 31.2 Å². The number of ketones is 1. The molecule has 0 fully saturated rings. The number of carbonyl (C=O) groups is 1. The lowest BCUT2D eigenvalue weighted by Crippen LogP contribution is -2.06. The van der Waals surface area contributed by atoms with Gasteiger partial charge in [0.05, 0.1) is 0 Å². The third-order valence-corrected chi connectivity index (χ3v) is 1.51. The zero-order valence-electron chi connectivity index (χ0n) is 9.42. The fourth-order valence-electron chi connectivity index (χ4n) is 0.716. The van der Waals surface area contributed by atoms with E-state index in [9.17, 15) is 4.79 Å². The summed E-state index contributed by atoms with van der Waals surface area (Å²) in [5, 5.41) is 0.658. The van der Waals surface area contributed by atoms with Crippen molar-refractivity contribution in [2.24, 2.45) is 0 Å². The summed E-state index contributed by atoms with van der Waals surface area (Å²) in [6.45, 7) is 5.84. The van der Waals surface area contributed by atoms with Crippen LogP contribution in [0.1, 0.15) is 27.2 Å². The maximum Gasteiger partial charge on any atom is 0.167 e. The first-order valence-corrected chi connectivity index (χ1v) is 5.35. The normalized spacial score (nSPS) is 8.80. The monoisotopic (exact) mass is 228 g/mol. The summed E-state index contributed by atoms with van der Waals surface area (Å²) in [4.78, 5) is 10.5. The molecule has 0 aliphatic carbocycles. The second-order valence-electron chi connectivity index (χ2n) is 3.15. The zero-order valence-corrected chi connectivity index (χ0v) is 10.2. The minimum absolute atomic E-state index is 0.00458. The molecule has 0 radical (unpaired) electrons. The van der Waals surface area contributed by atoms with Gasteiger partial charge in [0.2, 0.25) is 0 Å². The van der Waals surface area contributed by atoms with Crippen LogP contribution in [0.5, 0.6) is 5.75 Å². The number of Topliss-reactive ketones (excluding diaryl/α,β-unsaturated/α-hetero) is 1. The van der Waals surface area contributed by atoms with Crippen molar-refractivity contribution in [1.29, 1.82) is 0 Å². The first-order chi connectivity index (χ1) is 7.10. The van der Waals surface area contributed by atoms with Gasteiger partial charge in [0.15, 0.2) is 5.78 Å². The molecule has 0 aliphatic heterocycles. The fourth-order valence-corrected chi connectivity index (χ4v) is 0.842. The van der Waals surface area contributed by atoms with E-state index in [1.54, 1.807) is 24.3 Å². The Hall–Kier alpha value is -1.02. The molecule has 0 heterocycles. The summed E-state index contributed by atoms with van der Waals surface area (Å²) in [7, 11) is 0. The number of halogens is 1. The molecule has 2 nitrogen and oxygen atoms in total. The molecule has 3 heteroatoms. The van der Waals surface area contributed by atoms with Crippen LogP contribution in [0, 0.1) is 0 Å². The third kappa shape index (κ3) is 8.01. The molecule has 0 bridgehead atoms. The molecule has 0 amide bonds. The number of benzene rings is 1. The fraction of sp³-hybridized carbons (Fsp3) is 0.417. The minimum atomic E-state index is 0.00458. The van der Waals surface area contributed by atoms with Crippen LogP contribution in [0.4, 0.5) is 0 Å². The van der Waals surface area contributed by atoms with Crippen LogP contribution in [-0.4, -0.2) is 12.4 Å². The molecular formula is C12H17ClO2. The summed E-state index contributed by atoms with van der Waals surface area (Å²) >= 11 is 5.65. The summed E-state index contributed by atoms with van der Waals surface area (Å²) in [5.74, 6) is 0.666. The van der Waals surface area contributed by atoms with Crippen molar-refractivity contribution in [2.75, 3.05) is 6.61 Å². The third-order valence-electron chi connectivity index (χ3n) is 1.26. The Bertz CT molecular complexity index is 280. The highest BCUT2D eigenvalue weighted by Gasteiger charge is 1.95. The van der Waals surface area contributed by atoms with Gasteiger partial charge in [-0.25, -0.2) is 0 Å². The van der Waals surface area contributed by atoms with Gasteiger partial charge < -0.3 is 4.74 Å². The smallest absolute Gasteiger partial charge is 0.167 e. The van der Waals surface area contributed by atoms with E-state index in [2.05, 4.69) is 13.8 Å². The number of rotatable bonds is 3. The van der Waals surface area contributed by atoms with Crippen LogP contribution in [0.15, 0.2) is 24.3 Å². The van der Waals surface area contributed by atoms with Crippen molar-refractivity contribution in [2.45, 2.75) is 27.2 Å². The highest BCUT2D eigenvalue weighted by Crippen LogP contribution is 2.15. The highest BCUT2D eigenvalue weighted by molar-refractivity contribution is 6.30. The molecular weight excluding hydrogens is 212 g/mol. The van der Waals surface area contributed by atoms with Gasteiger partial charge in [-0.15, -0.1) is 0 Å². The maximum absolute atomic E-state index is 10.5. The molecule has 1 aromatic carbocycles. The first kappa shape index (κ1) is 14.0. The Morgan fingerprint density at radius 3 is 2.13 bits per heavy atom. The highest BCUT2D eigenvalue weighted by atomic mass is 35.5. The van der Waals surface area contributed by atoms with E-state index in [-0.39, 0.29) is 12.4 Å². The largest absolute Gasteiger partial charge is 0.486 e. The molecule has 0 saturated carbocycles. The average Bonchev–Trinajstić information content (AvgIpc) is 2.18. The summed E-state index contributed by atoms with van der Waals surface area (Å²) in [5.41, 5.74) is 0. The van der Waals surface area contributed by atoms with Crippen molar-refractivity contribution >= 4 is 17.4 Å². The predicted octanol–water partition coefficient (Wildman–Crippen LogP) is 3.72. The van der Waals surface area contributed by atoms with Gasteiger partial charge >= 0.3 is 0 Å². The van der Waals surface area contributed by atoms with E-state index in [4.69, 9.17) is 16.3 Å². The minimum Gasteiger partial charge on any atom is -0.486 e. The number of ether oxygens (including phenoxy) is 1. The molecule has 0 spiro atoms. The molecule has 0 aromatic heterocycles. The number of carbonyl (C=O) groups excluding carboxylic acids is 1. The quantitative estimate of drug-likeness (QED) is 0.788. The van der Waals surface area contributed by atoms with Crippen molar-refractivity contribution in [3.63, 3.8) is 0 Å². The summed E-state index contributed by atoms with van der Waals surface area (Å²) in [6, 6.07) is 6.89. The molecule has 15 heavy (non-hydrogen) atoms. The molecule has 1 rings (SSSR count). The standard InChI is InChI=1S/C9H9ClO2.C3H8/c1-7(11)6-12-9-4-2-8(10)3-5-9;1-3-2/h2-5H,6H2,1H3;3H2,1-2H3. The molecule has 0 N–H and O–H groups in total. The van der Waals surface area contributed by atoms with Gasteiger partial charge in [0.25, 0.3) is 0 Å². The second-order valence-corrected chi connectivity index (χ2v) is 3.59. The Morgan fingerprint density at radius 2 is 1.73 bits per heavy atom. The summed E-state index contributed by atoms with van der Waals surface area (Å²) < 4.78 is 5.11. The van der Waals surface area contributed by atoms with Crippen LogP contribution in [0.25, 0.3) is 0 Å². The van der Waals surface area contributed by atoms with Gasteiger partial charge in [-0.2, -0.15) is 0 Å².